The number of carbonyl (C=O) groups is 1. The van der Waals surface area contributed by atoms with E-state index < -0.39 is 0 Å². The normalized spacial score (nSPS) is 29.0. The smallest absolute Gasteiger partial charge is 0.319 e. The van der Waals surface area contributed by atoms with Gasteiger partial charge in [0.05, 0.1) is 13.2 Å². The minimum atomic E-state index is -0.107. The third kappa shape index (κ3) is 5.53. The van der Waals surface area contributed by atoms with Crippen LogP contribution in [0.1, 0.15) is 52.9 Å². The first kappa shape index (κ1) is 14.5. The maximum Gasteiger partial charge on any atom is 0.319 e. The Morgan fingerprint density at radius 3 is 2.71 bits per heavy atom. The van der Waals surface area contributed by atoms with E-state index in [0.29, 0.717) is 19.2 Å². The standard InChI is InChI=1S/C14H27NO2/c1-4-5-8-17-14(16)10-15-13-7-6-11(2)12(3)9-13/h11-13,15H,4-10H2,1-3H3. The van der Waals surface area contributed by atoms with Crippen LogP contribution in [0.5, 0.6) is 0 Å². The van der Waals surface area contributed by atoms with Crippen LogP contribution in [0.3, 0.4) is 0 Å². The molecule has 0 aliphatic heterocycles. The van der Waals surface area contributed by atoms with Crippen molar-refractivity contribution in [2.24, 2.45) is 11.8 Å². The lowest BCUT2D eigenvalue weighted by atomic mass is 9.79. The van der Waals surface area contributed by atoms with E-state index in [1.165, 1.54) is 19.3 Å². The van der Waals surface area contributed by atoms with Gasteiger partial charge in [0.2, 0.25) is 0 Å². The summed E-state index contributed by atoms with van der Waals surface area (Å²) in [5, 5.41) is 3.32. The van der Waals surface area contributed by atoms with Crippen molar-refractivity contribution in [1.29, 1.82) is 0 Å². The van der Waals surface area contributed by atoms with Crippen LogP contribution in [-0.4, -0.2) is 25.2 Å². The lowest BCUT2D eigenvalue weighted by Crippen LogP contribution is -2.39. The molecule has 0 spiro atoms. The van der Waals surface area contributed by atoms with E-state index in [9.17, 15) is 4.79 Å². The summed E-state index contributed by atoms with van der Waals surface area (Å²) in [4.78, 5) is 11.4. The van der Waals surface area contributed by atoms with Crippen molar-refractivity contribution in [3.05, 3.63) is 0 Å². The van der Waals surface area contributed by atoms with E-state index in [4.69, 9.17) is 4.74 Å². The zero-order valence-corrected chi connectivity index (χ0v) is 11.5. The Balaban J connectivity index is 2.11. The number of hydrogen-bond acceptors (Lipinski definition) is 3. The first-order valence-corrected chi connectivity index (χ1v) is 7.02. The molecule has 17 heavy (non-hydrogen) atoms. The molecule has 3 nitrogen and oxygen atoms in total. The zero-order chi connectivity index (χ0) is 12.7. The van der Waals surface area contributed by atoms with Gasteiger partial charge in [-0.1, -0.05) is 27.2 Å². The molecule has 1 fully saturated rings. The second-order valence-electron chi connectivity index (χ2n) is 5.42. The molecule has 3 unspecified atom stereocenters. The number of rotatable bonds is 6. The monoisotopic (exact) mass is 241 g/mol. The van der Waals surface area contributed by atoms with Gasteiger partial charge in [-0.3, -0.25) is 4.79 Å². The van der Waals surface area contributed by atoms with Crippen molar-refractivity contribution in [2.75, 3.05) is 13.2 Å². The van der Waals surface area contributed by atoms with Crippen LogP contribution in [0, 0.1) is 11.8 Å². The highest BCUT2D eigenvalue weighted by atomic mass is 16.5. The van der Waals surface area contributed by atoms with Crippen molar-refractivity contribution < 1.29 is 9.53 Å². The fraction of sp³-hybridized carbons (Fsp3) is 0.929. The Morgan fingerprint density at radius 1 is 1.29 bits per heavy atom. The molecule has 3 heteroatoms. The lowest BCUT2D eigenvalue weighted by molar-refractivity contribution is -0.142. The molecular formula is C14H27NO2. The van der Waals surface area contributed by atoms with Gasteiger partial charge in [0.25, 0.3) is 0 Å². The van der Waals surface area contributed by atoms with Crippen LogP contribution < -0.4 is 5.32 Å². The fourth-order valence-corrected chi connectivity index (χ4v) is 2.34. The second kappa shape index (κ2) is 7.70. The van der Waals surface area contributed by atoms with Crippen LogP contribution >= 0.6 is 0 Å². The molecule has 1 N–H and O–H groups in total. The first-order valence-electron chi connectivity index (χ1n) is 7.02. The van der Waals surface area contributed by atoms with Gasteiger partial charge in [0, 0.05) is 6.04 Å². The van der Waals surface area contributed by atoms with Gasteiger partial charge in [0.15, 0.2) is 0 Å². The quantitative estimate of drug-likeness (QED) is 0.574. The predicted octanol–water partition coefficient (Wildman–Crippen LogP) is 2.74. The van der Waals surface area contributed by atoms with Crippen molar-refractivity contribution in [1.82, 2.24) is 5.32 Å². The molecule has 1 aliphatic rings. The molecular weight excluding hydrogens is 214 g/mol. The molecule has 0 aromatic carbocycles. The van der Waals surface area contributed by atoms with Crippen LogP contribution in [0.4, 0.5) is 0 Å². The summed E-state index contributed by atoms with van der Waals surface area (Å²) in [7, 11) is 0. The van der Waals surface area contributed by atoms with Crippen molar-refractivity contribution in [3.8, 4) is 0 Å². The predicted molar refractivity (Wildman–Crippen MR) is 69.8 cm³/mol. The molecule has 1 aliphatic carbocycles. The Labute approximate surface area is 105 Å². The lowest BCUT2D eigenvalue weighted by Gasteiger charge is -2.32. The van der Waals surface area contributed by atoms with Gasteiger partial charge in [0.1, 0.15) is 0 Å². The van der Waals surface area contributed by atoms with Gasteiger partial charge < -0.3 is 10.1 Å². The van der Waals surface area contributed by atoms with Crippen LogP contribution in [-0.2, 0) is 9.53 Å². The van der Waals surface area contributed by atoms with E-state index in [1.54, 1.807) is 0 Å². The van der Waals surface area contributed by atoms with Crippen molar-refractivity contribution >= 4 is 5.97 Å². The largest absolute Gasteiger partial charge is 0.465 e. The minimum Gasteiger partial charge on any atom is -0.465 e. The van der Waals surface area contributed by atoms with Crippen LogP contribution in [0.15, 0.2) is 0 Å². The summed E-state index contributed by atoms with van der Waals surface area (Å²) in [5.74, 6) is 1.48. The molecule has 3 atom stereocenters. The third-order valence-electron chi connectivity index (χ3n) is 3.89. The van der Waals surface area contributed by atoms with E-state index in [0.717, 1.165) is 24.7 Å². The summed E-state index contributed by atoms with van der Waals surface area (Å²) in [6.45, 7) is 7.65. The number of carbonyl (C=O) groups excluding carboxylic acids is 1. The Morgan fingerprint density at radius 2 is 2.06 bits per heavy atom. The van der Waals surface area contributed by atoms with Crippen LogP contribution in [0.25, 0.3) is 0 Å². The maximum atomic E-state index is 11.4. The molecule has 0 radical (unpaired) electrons. The summed E-state index contributed by atoms with van der Waals surface area (Å²) in [6, 6.07) is 0.500. The summed E-state index contributed by atoms with van der Waals surface area (Å²) in [6.07, 6.45) is 5.67. The number of unbranched alkanes of at least 4 members (excludes halogenated alkanes) is 1. The molecule has 0 bridgehead atoms. The molecule has 0 aromatic heterocycles. The molecule has 0 amide bonds. The molecule has 100 valence electrons. The van der Waals surface area contributed by atoms with Gasteiger partial charge in [-0.05, 0) is 37.5 Å². The summed E-state index contributed by atoms with van der Waals surface area (Å²) >= 11 is 0. The Hall–Kier alpha value is -0.570. The second-order valence-corrected chi connectivity index (χ2v) is 5.42. The number of nitrogens with one attached hydrogen (secondary N) is 1. The highest BCUT2D eigenvalue weighted by Gasteiger charge is 2.24. The summed E-state index contributed by atoms with van der Waals surface area (Å²) in [5.41, 5.74) is 0. The van der Waals surface area contributed by atoms with E-state index in [2.05, 4.69) is 26.1 Å². The number of hydrogen-bond donors (Lipinski definition) is 1. The first-order chi connectivity index (χ1) is 8.13. The average Bonchev–Trinajstić information content (AvgIpc) is 2.31. The Bertz CT molecular complexity index is 230. The fourth-order valence-electron chi connectivity index (χ4n) is 2.34. The third-order valence-corrected chi connectivity index (χ3v) is 3.89. The van der Waals surface area contributed by atoms with E-state index >= 15 is 0 Å². The van der Waals surface area contributed by atoms with E-state index in [1.807, 2.05) is 0 Å². The van der Waals surface area contributed by atoms with Gasteiger partial charge in [-0.15, -0.1) is 0 Å². The van der Waals surface area contributed by atoms with Crippen LogP contribution in [0.2, 0.25) is 0 Å². The molecule has 0 saturated heterocycles. The number of esters is 1. The zero-order valence-electron chi connectivity index (χ0n) is 11.5. The van der Waals surface area contributed by atoms with E-state index in [-0.39, 0.29) is 5.97 Å². The Kier molecular flexibility index (Phi) is 6.56. The topological polar surface area (TPSA) is 38.3 Å². The highest BCUT2D eigenvalue weighted by molar-refractivity contribution is 5.71. The minimum absolute atomic E-state index is 0.107. The summed E-state index contributed by atoms with van der Waals surface area (Å²) < 4.78 is 5.12. The van der Waals surface area contributed by atoms with Crippen molar-refractivity contribution in [2.45, 2.75) is 58.9 Å². The molecule has 0 heterocycles. The van der Waals surface area contributed by atoms with Gasteiger partial charge in [-0.2, -0.15) is 0 Å². The van der Waals surface area contributed by atoms with Crippen molar-refractivity contribution in [3.63, 3.8) is 0 Å². The number of ether oxygens (including phenoxy) is 1. The molecule has 1 rings (SSSR count). The molecule has 0 aromatic rings. The molecule has 1 saturated carbocycles. The maximum absolute atomic E-state index is 11.4. The highest BCUT2D eigenvalue weighted by Crippen LogP contribution is 2.29. The van der Waals surface area contributed by atoms with Gasteiger partial charge in [-0.25, -0.2) is 0 Å². The average molecular weight is 241 g/mol. The van der Waals surface area contributed by atoms with Gasteiger partial charge >= 0.3 is 5.97 Å². The SMILES string of the molecule is CCCCOC(=O)CNC1CCC(C)C(C)C1.